The Morgan fingerprint density at radius 2 is 1.84 bits per heavy atom. The molecule has 0 saturated carbocycles. The van der Waals surface area contributed by atoms with Gasteiger partial charge in [0.1, 0.15) is 17.5 Å². The van der Waals surface area contributed by atoms with E-state index in [2.05, 4.69) is 11.1 Å². The standard InChI is InChI=1S/C16H17N3/c1-4-14-11(3)15(13(9-17)16(18)19-14)12-7-5-10(2)6-8-12/h5-8H,4H2,1-3H3,(H2,18,19). The summed E-state index contributed by atoms with van der Waals surface area (Å²) in [6, 6.07) is 10.3. The molecule has 0 unspecified atom stereocenters. The first-order valence-corrected chi connectivity index (χ1v) is 6.34. The van der Waals surface area contributed by atoms with Crippen LogP contribution in [0.1, 0.15) is 29.3 Å². The van der Waals surface area contributed by atoms with Crippen molar-refractivity contribution in [3.63, 3.8) is 0 Å². The molecule has 1 aromatic carbocycles. The van der Waals surface area contributed by atoms with Crippen LogP contribution >= 0.6 is 0 Å². The molecule has 2 N–H and O–H groups in total. The van der Waals surface area contributed by atoms with Crippen molar-refractivity contribution < 1.29 is 0 Å². The molecule has 0 aliphatic carbocycles. The lowest BCUT2D eigenvalue weighted by atomic mass is 9.94. The lowest BCUT2D eigenvalue weighted by molar-refractivity contribution is 1.01. The first-order valence-electron chi connectivity index (χ1n) is 6.34. The minimum atomic E-state index is 0.320. The third-order valence-corrected chi connectivity index (χ3v) is 3.36. The summed E-state index contributed by atoms with van der Waals surface area (Å²) in [5, 5.41) is 9.33. The van der Waals surface area contributed by atoms with Crippen LogP contribution in [0.5, 0.6) is 0 Å². The molecule has 0 aliphatic rings. The van der Waals surface area contributed by atoms with Gasteiger partial charge >= 0.3 is 0 Å². The molecule has 3 heteroatoms. The molecule has 3 nitrogen and oxygen atoms in total. The molecule has 0 amide bonds. The first-order chi connectivity index (χ1) is 9.08. The third-order valence-electron chi connectivity index (χ3n) is 3.36. The zero-order valence-electron chi connectivity index (χ0n) is 11.5. The van der Waals surface area contributed by atoms with Gasteiger partial charge < -0.3 is 5.73 Å². The van der Waals surface area contributed by atoms with Gasteiger partial charge in [-0.15, -0.1) is 0 Å². The number of nitriles is 1. The number of aryl methyl sites for hydroxylation is 2. The monoisotopic (exact) mass is 251 g/mol. The van der Waals surface area contributed by atoms with Crippen LogP contribution in [0.2, 0.25) is 0 Å². The van der Waals surface area contributed by atoms with E-state index in [1.807, 2.05) is 45.0 Å². The summed E-state index contributed by atoms with van der Waals surface area (Å²) >= 11 is 0. The highest BCUT2D eigenvalue weighted by molar-refractivity contribution is 5.78. The molecule has 0 fully saturated rings. The van der Waals surface area contributed by atoms with Gasteiger partial charge in [-0.25, -0.2) is 4.98 Å². The Morgan fingerprint density at radius 1 is 1.21 bits per heavy atom. The Kier molecular flexibility index (Phi) is 3.52. The predicted molar refractivity (Wildman–Crippen MR) is 77.7 cm³/mol. The number of aromatic nitrogens is 1. The maximum absolute atomic E-state index is 9.33. The Hall–Kier alpha value is -2.34. The van der Waals surface area contributed by atoms with E-state index in [1.165, 1.54) is 5.56 Å². The molecular weight excluding hydrogens is 234 g/mol. The van der Waals surface area contributed by atoms with Crippen LogP contribution < -0.4 is 5.73 Å². The van der Waals surface area contributed by atoms with E-state index in [-0.39, 0.29) is 0 Å². The summed E-state index contributed by atoms with van der Waals surface area (Å²) in [6.45, 7) is 6.08. The van der Waals surface area contributed by atoms with Gasteiger partial charge in [0.15, 0.2) is 0 Å². The second kappa shape index (κ2) is 5.11. The molecule has 1 heterocycles. The lowest BCUT2D eigenvalue weighted by Gasteiger charge is -2.14. The zero-order chi connectivity index (χ0) is 14.0. The zero-order valence-corrected chi connectivity index (χ0v) is 11.5. The number of nitrogens with zero attached hydrogens (tertiary/aromatic N) is 2. The maximum Gasteiger partial charge on any atom is 0.142 e. The average Bonchev–Trinajstić information content (AvgIpc) is 2.41. The van der Waals surface area contributed by atoms with Crippen LogP contribution in [0.15, 0.2) is 24.3 Å². The molecule has 0 radical (unpaired) electrons. The fourth-order valence-corrected chi connectivity index (χ4v) is 2.28. The van der Waals surface area contributed by atoms with Crippen molar-refractivity contribution >= 4 is 5.82 Å². The molecule has 0 bridgehead atoms. The van der Waals surface area contributed by atoms with Gasteiger partial charge in [-0.1, -0.05) is 36.8 Å². The number of nitrogens with two attached hydrogens (primary N) is 1. The molecular formula is C16H17N3. The summed E-state index contributed by atoms with van der Waals surface area (Å²) in [7, 11) is 0. The second-order valence-corrected chi connectivity index (χ2v) is 4.65. The molecule has 0 aliphatic heterocycles. The van der Waals surface area contributed by atoms with Crippen molar-refractivity contribution in [2.75, 3.05) is 5.73 Å². The third kappa shape index (κ3) is 2.30. The average molecular weight is 251 g/mol. The smallest absolute Gasteiger partial charge is 0.142 e. The van der Waals surface area contributed by atoms with E-state index in [4.69, 9.17) is 5.73 Å². The van der Waals surface area contributed by atoms with Crippen molar-refractivity contribution in [3.05, 3.63) is 46.6 Å². The first kappa shape index (κ1) is 13.1. The molecule has 19 heavy (non-hydrogen) atoms. The van der Waals surface area contributed by atoms with Crippen LogP contribution in [0.25, 0.3) is 11.1 Å². The highest BCUT2D eigenvalue weighted by atomic mass is 14.8. The predicted octanol–water partition coefficient (Wildman–Crippen LogP) is 3.38. The molecule has 2 rings (SSSR count). The molecule has 0 saturated heterocycles. The Morgan fingerprint density at radius 3 is 2.37 bits per heavy atom. The number of benzene rings is 1. The van der Waals surface area contributed by atoms with E-state index in [0.29, 0.717) is 11.4 Å². The summed E-state index contributed by atoms with van der Waals surface area (Å²) in [4.78, 5) is 4.32. The van der Waals surface area contributed by atoms with Crippen LogP contribution in [0.4, 0.5) is 5.82 Å². The van der Waals surface area contributed by atoms with Crippen molar-refractivity contribution in [2.45, 2.75) is 27.2 Å². The van der Waals surface area contributed by atoms with Gasteiger partial charge in [-0.2, -0.15) is 5.26 Å². The molecule has 96 valence electrons. The van der Waals surface area contributed by atoms with Gasteiger partial charge in [0.05, 0.1) is 0 Å². The number of pyridine rings is 1. The van der Waals surface area contributed by atoms with E-state index in [9.17, 15) is 5.26 Å². The lowest BCUT2D eigenvalue weighted by Crippen LogP contribution is -2.04. The Bertz CT molecular complexity index is 648. The summed E-state index contributed by atoms with van der Waals surface area (Å²) in [5.41, 5.74) is 11.5. The van der Waals surface area contributed by atoms with Crippen molar-refractivity contribution in [2.24, 2.45) is 0 Å². The highest BCUT2D eigenvalue weighted by Crippen LogP contribution is 2.31. The van der Waals surface area contributed by atoms with Gasteiger partial charge in [0.2, 0.25) is 0 Å². The number of anilines is 1. The molecule has 0 atom stereocenters. The normalized spacial score (nSPS) is 10.2. The quantitative estimate of drug-likeness (QED) is 0.889. The SMILES string of the molecule is CCc1nc(N)c(C#N)c(-c2ccc(C)cc2)c1C. The minimum absolute atomic E-state index is 0.320. The van der Waals surface area contributed by atoms with E-state index < -0.39 is 0 Å². The van der Waals surface area contributed by atoms with Crippen molar-refractivity contribution in [1.29, 1.82) is 5.26 Å². The maximum atomic E-state index is 9.33. The van der Waals surface area contributed by atoms with Crippen LogP contribution in [0.3, 0.4) is 0 Å². The molecule has 1 aromatic heterocycles. The Balaban J connectivity index is 2.77. The number of hydrogen-bond donors (Lipinski definition) is 1. The minimum Gasteiger partial charge on any atom is -0.383 e. The van der Waals surface area contributed by atoms with E-state index in [0.717, 1.165) is 28.8 Å². The van der Waals surface area contributed by atoms with Crippen molar-refractivity contribution in [1.82, 2.24) is 4.98 Å². The number of rotatable bonds is 2. The van der Waals surface area contributed by atoms with E-state index >= 15 is 0 Å². The fourth-order valence-electron chi connectivity index (χ4n) is 2.28. The number of nitrogen functional groups attached to an aromatic ring is 1. The molecule has 0 spiro atoms. The van der Waals surface area contributed by atoms with Gasteiger partial charge in [0.25, 0.3) is 0 Å². The van der Waals surface area contributed by atoms with E-state index in [1.54, 1.807) is 0 Å². The van der Waals surface area contributed by atoms with Gasteiger partial charge in [-0.3, -0.25) is 0 Å². The summed E-state index contributed by atoms with van der Waals surface area (Å²) in [6.07, 6.45) is 0.806. The topological polar surface area (TPSA) is 62.7 Å². The Labute approximate surface area is 113 Å². The van der Waals surface area contributed by atoms with Crippen LogP contribution in [-0.2, 0) is 6.42 Å². The second-order valence-electron chi connectivity index (χ2n) is 4.65. The van der Waals surface area contributed by atoms with Gasteiger partial charge in [-0.05, 0) is 31.4 Å². The summed E-state index contributed by atoms with van der Waals surface area (Å²) in [5.74, 6) is 0.320. The highest BCUT2D eigenvalue weighted by Gasteiger charge is 2.16. The largest absolute Gasteiger partial charge is 0.383 e. The van der Waals surface area contributed by atoms with Crippen LogP contribution in [0, 0.1) is 25.2 Å². The molecule has 2 aromatic rings. The van der Waals surface area contributed by atoms with Crippen molar-refractivity contribution in [3.8, 4) is 17.2 Å². The summed E-state index contributed by atoms with van der Waals surface area (Å²) < 4.78 is 0. The van der Waals surface area contributed by atoms with Crippen LogP contribution in [-0.4, -0.2) is 4.98 Å². The number of hydrogen-bond acceptors (Lipinski definition) is 3. The van der Waals surface area contributed by atoms with Gasteiger partial charge in [0, 0.05) is 11.3 Å². The fraction of sp³-hybridized carbons (Fsp3) is 0.250.